The maximum atomic E-state index is 14.1. The number of hydrogen-bond acceptors (Lipinski definition) is 9. The smallest absolute Gasteiger partial charge is 0.210 e. The molecule has 0 amide bonds. The van der Waals surface area contributed by atoms with Gasteiger partial charge in [-0.2, -0.15) is 0 Å². The molecule has 2 aromatic carbocycles. The predicted molar refractivity (Wildman–Crippen MR) is 166 cm³/mol. The van der Waals surface area contributed by atoms with Crippen molar-refractivity contribution in [3.8, 4) is 5.75 Å². The average Bonchev–Trinajstić information content (AvgIpc) is 3.23. The Balaban J connectivity index is 1.49. The maximum absolute atomic E-state index is 14.1. The van der Waals surface area contributed by atoms with Gasteiger partial charge in [-0.3, -0.25) is 9.88 Å². The number of anilines is 1. The summed E-state index contributed by atoms with van der Waals surface area (Å²) in [4.78, 5) is 10.7. The molecule has 11 heteroatoms. The molecule has 0 unspecified atom stereocenters. The van der Waals surface area contributed by atoms with E-state index in [2.05, 4.69) is 21.7 Å². The van der Waals surface area contributed by atoms with Crippen LogP contribution in [0.3, 0.4) is 0 Å². The summed E-state index contributed by atoms with van der Waals surface area (Å²) in [6.07, 6.45) is 7.67. The number of rotatable bonds is 9. The number of pyridine rings is 1. The zero-order valence-corrected chi connectivity index (χ0v) is 26.2. The molecule has 2 aliphatic rings. The summed E-state index contributed by atoms with van der Waals surface area (Å²) >= 11 is 1.61. The predicted octanol–water partition coefficient (Wildman–Crippen LogP) is 5.06. The van der Waals surface area contributed by atoms with Gasteiger partial charge in [0.2, 0.25) is 9.84 Å². The van der Waals surface area contributed by atoms with Gasteiger partial charge in [0, 0.05) is 48.7 Å². The Morgan fingerprint density at radius 2 is 1.78 bits per heavy atom. The van der Waals surface area contributed by atoms with Crippen LogP contribution in [0.1, 0.15) is 39.0 Å². The topological polar surface area (TPSA) is 96.9 Å². The summed E-state index contributed by atoms with van der Waals surface area (Å²) in [6, 6.07) is 12.9. The van der Waals surface area contributed by atoms with E-state index in [0.29, 0.717) is 44.0 Å². The van der Waals surface area contributed by atoms with Crippen molar-refractivity contribution in [1.29, 1.82) is 0 Å². The van der Waals surface area contributed by atoms with E-state index in [0.717, 1.165) is 48.2 Å². The lowest BCUT2D eigenvalue weighted by Crippen LogP contribution is -2.43. The minimum atomic E-state index is -3.88. The molecule has 0 aliphatic carbocycles. The minimum absolute atomic E-state index is 0.208. The van der Waals surface area contributed by atoms with E-state index in [-0.39, 0.29) is 27.3 Å². The number of aromatic nitrogens is 1. The molecule has 0 spiro atoms. The molecule has 0 radical (unpaired) electrons. The molecule has 5 rings (SSSR count). The third-order valence-electron chi connectivity index (χ3n) is 8.09. The first kappa shape index (κ1) is 30.1. The molecule has 0 N–H and O–H groups in total. The molecule has 8 nitrogen and oxygen atoms in total. The van der Waals surface area contributed by atoms with Gasteiger partial charge in [0.15, 0.2) is 0 Å². The number of benzene rings is 2. The van der Waals surface area contributed by atoms with Crippen LogP contribution in [0.2, 0.25) is 0 Å². The number of sulfone groups is 2. The summed E-state index contributed by atoms with van der Waals surface area (Å²) < 4.78 is 58.0. The van der Waals surface area contributed by atoms with Gasteiger partial charge in [0.1, 0.15) is 20.5 Å². The summed E-state index contributed by atoms with van der Waals surface area (Å²) in [5, 5.41) is 0.828. The lowest BCUT2D eigenvalue weighted by Gasteiger charge is -2.33. The fourth-order valence-corrected chi connectivity index (χ4v) is 9.07. The van der Waals surface area contributed by atoms with Crippen molar-refractivity contribution >= 4 is 48.0 Å². The average molecular weight is 618 g/mol. The standard InChI is InChI=1S/C30H39N3O5S3/c1-3-4-18-38-24-6-9-26(10-7-24)41(36,37)29-22-31-28-11-8-25(39-2)21-27(28)30(29)33-15-5-14-32(16-17-33)23-12-19-40(34,35)20-13-23/h6-11,21-23H,3-5,12-20H2,1-2H3. The summed E-state index contributed by atoms with van der Waals surface area (Å²) in [7, 11) is -6.80. The Morgan fingerprint density at radius 3 is 2.49 bits per heavy atom. The third-order valence-corrected chi connectivity index (χ3v) is 12.3. The molecular weight excluding hydrogens is 579 g/mol. The molecular formula is C30H39N3O5S3. The lowest BCUT2D eigenvalue weighted by atomic mass is 10.1. The second kappa shape index (κ2) is 12.9. The number of fused-ring (bicyclic) bond motifs is 1. The van der Waals surface area contributed by atoms with Gasteiger partial charge >= 0.3 is 0 Å². The van der Waals surface area contributed by atoms with Crippen molar-refractivity contribution < 1.29 is 21.6 Å². The van der Waals surface area contributed by atoms with Gasteiger partial charge in [-0.05, 0) is 74.4 Å². The zero-order chi connectivity index (χ0) is 29.0. The van der Waals surface area contributed by atoms with Crippen LogP contribution < -0.4 is 9.64 Å². The summed E-state index contributed by atoms with van der Waals surface area (Å²) in [6.45, 7) is 5.67. The highest BCUT2D eigenvalue weighted by Crippen LogP contribution is 2.38. The maximum Gasteiger partial charge on any atom is 0.210 e. The Kier molecular flexibility index (Phi) is 9.47. The molecule has 2 fully saturated rings. The molecule has 2 saturated heterocycles. The Morgan fingerprint density at radius 1 is 1.02 bits per heavy atom. The van der Waals surface area contributed by atoms with Gasteiger partial charge in [-0.25, -0.2) is 16.8 Å². The molecule has 3 heterocycles. The normalized spacial score (nSPS) is 18.8. The Hall–Kier alpha value is -2.34. The number of ether oxygens (including phenoxy) is 1. The molecule has 0 bridgehead atoms. The highest BCUT2D eigenvalue weighted by Gasteiger charge is 2.32. The van der Waals surface area contributed by atoms with E-state index in [1.165, 1.54) is 6.20 Å². The van der Waals surface area contributed by atoms with Crippen LogP contribution in [0.15, 0.2) is 63.3 Å². The highest BCUT2D eigenvalue weighted by molar-refractivity contribution is 7.98. The minimum Gasteiger partial charge on any atom is -0.494 e. The number of unbranched alkanes of at least 4 members (excludes halogenated alkanes) is 1. The number of nitrogens with zero attached hydrogens (tertiary/aromatic N) is 3. The number of thioether (sulfide) groups is 1. The van der Waals surface area contributed by atoms with E-state index in [9.17, 15) is 16.8 Å². The second-order valence-electron chi connectivity index (χ2n) is 10.8. The van der Waals surface area contributed by atoms with Crippen molar-refractivity contribution in [2.75, 3.05) is 55.4 Å². The van der Waals surface area contributed by atoms with E-state index in [4.69, 9.17) is 4.74 Å². The molecule has 41 heavy (non-hydrogen) atoms. The van der Waals surface area contributed by atoms with Crippen LogP contribution in [0.5, 0.6) is 5.75 Å². The van der Waals surface area contributed by atoms with Crippen LogP contribution in [-0.4, -0.2) is 83.3 Å². The van der Waals surface area contributed by atoms with E-state index >= 15 is 0 Å². The fourth-order valence-electron chi connectivity index (χ4n) is 5.73. The van der Waals surface area contributed by atoms with Crippen LogP contribution >= 0.6 is 11.8 Å². The van der Waals surface area contributed by atoms with Crippen LogP contribution in [0.4, 0.5) is 5.69 Å². The fraction of sp³-hybridized carbons (Fsp3) is 0.500. The van der Waals surface area contributed by atoms with Crippen molar-refractivity contribution in [3.05, 3.63) is 48.7 Å². The van der Waals surface area contributed by atoms with Crippen molar-refractivity contribution in [1.82, 2.24) is 9.88 Å². The molecule has 0 atom stereocenters. The second-order valence-corrected chi connectivity index (χ2v) is 15.9. The van der Waals surface area contributed by atoms with Crippen molar-refractivity contribution in [2.24, 2.45) is 0 Å². The third kappa shape index (κ3) is 6.84. The first-order valence-corrected chi connectivity index (χ1v) is 18.9. The quantitative estimate of drug-likeness (QED) is 0.241. The molecule has 3 aromatic rings. The first-order chi connectivity index (χ1) is 19.7. The van der Waals surface area contributed by atoms with E-state index < -0.39 is 19.7 Å². The first-order valence-electron chi connectivity index (χ1n) is 14.4. The van der Waals surface area contributed by atoms with Gasteiger partial charge < -0.3 is 9.64 Å². The van der Waals surface area contributed by atoms with Gasteiger partial charge in [-0.15, -0.1) is 11.8 Å². The Labute approximate surface area is 248 Å². The molecule has 1 aromatic heterocycles. The van der Waals surface area contributed by atoms with Crippen LogP contribution in [0.25, 0.3) is 10.9 Å². The Bertz CT molecular complexity index is 1560. The largest absolute Gasteiger partial charge is 0.494 e. The van der Waals surface area contributed by atoms with E-state index in [1.807, 2.05) is 24.5 Å². The molecule has 0 saturated carbocycles. The monoisotopic (exact) mass is 617 g/mol. The van der Waals surface area contributed by atoms with Gasteiger partial charge in [-0.1, -0.05) is 13.3 Å². The SMILES string of the molecule is CCCCOc1ccc(S(=O)(=O)c2cnc3ccc(SC)cc3c2N2CCCN(C3CCS(=O)(=O)CC3)CC2)cc1. The summed E-state index contributed by atoms with van der Waals surface area (Å²) in [5.41, 5.74) is 1.46. The highest BCUT2D eigenvalue weighted by atomic mass is 32.2. The van der Waals surface area contributed by atoms with Crippen molar-refractivity contribution in [3.63, 3.8) is 0 Å². The molecule has 222 valence electrons. The van der Waals surface area contributed by atoms with Crippen LogP contribution in [-0.2, 0) is 19.7 Å². The number of hydrogen-bond donors (Lipinski definition) is 0. The summed E-state index contributed by atoms with van der Waals surface area (Å²) in [5.74, 6) is 1.15. The van der Waals surface area contributed by atoms with Gasteiger partial charge in [0.05, 0.1) is 34.2 Å². The van der Waals surface area contributed by atoms with Gasteiger partial charge in [0.25, 0.3) is 0 Å². The van der Waals surface area contributed by atoms with E-state index in [1.54, 1.807) is 36.0 Å². The zero-order valence-electron chi connectivity index (χ0n) is 23.8. The van der Waals surface area contributed by atoms with Crippen molar-refractivity contribution in [2.45, 2.75) is 59.8 Å². The lowest BCUT2D eigenvalue weighted by molar-refractivity contribution is 0.196. The molecule has 2 aliphatic heterocycles. The van der Waals surface area contributed by atoms with Crippen LogP contribution in [0, 0.1) is 0 Å².